The van der Waals surface area contributed by atoms with Crippen molar-refractivity contribution in [2.24, 2.45) is 4.99 Å². The quantitative estimate of drug-likeness (QED) is 0.830. The number of aromatic hydroxyl groups is 1. The number of hydrogen-bond acceptors (Lipinski definition) is 3. The lowest BCUT2D eigenvalue weighted by molar-refractivity contribution is 0.373. The Hall–Kier alpha value is -1.71. The van der Waals surface area contributed by atoms with Crippen molar-refractivity contribution < 1.29 is 9.84 Å². The van der Waals surface area contributed by atoms with Crippen LogP contribution in [-0.4, -0.2) is 18.4 Å². The molecule has 5 heteroatoms. The van der Waals surface area contributed by atoms with Crippen LogP contribution in [0.4, 0.5) is 5.69 Å². The number of halogens is 2. The molecule has 0 fully saturated rings. The molecule has 0 unspecified atom stereocenters. The molecule has 0 aliphatic rings. The maximum Gasteiger partial charge on any atom is 0.176 e. The topological polar surface area (TPSA) is 41.8 Å². The highest BCUT2D eigenvalue weighted by atomic mass is 35.5. The van der Waals surface area contributed by atoms with Crippen molar-refractivity contribution >= 4 is 35.1 Å². The molecule has 0 saturated carbocycles. The molecule has 1 N–H and O–H groups in total. The molecule has 0 bridgehead atoms. The van der Waals surface area contributed by atoms with Crippen molar-refractivity contribution in [1.29, 1.82) is 0 Å². The van der Waals surface area contributed by atoms with E-state index in [2.05, 4.69) is 4.99 Å². The number of aryl methyl sites for hydroxylation is 1. The lowest BCUT2D eigenvalue weighted by Crippen LogP contribution is -1.88. The number of benzene rings is 2. The van der Waals surface area contributed by atoms with Gasteiger partial charge in [-0.15, -0.1) is 0 Å². The average Bonchev–Trinajstić information content (AvgIpc) is 2.43. The molecule has 0 aliphatic heterocycles. The Bertz CT molecular complexity index is 669. The van der Waals surface area contributed by atoms with Crippen LogP contribution in [0, 0.1) is 6.92 Å². The fourth-order valence-corrected chi connectivity index (χ4v) is 2.03. The van der Waals surface area contributed by atoms with Gasteiger partial charge in [0.25, 0.3) is 0 Å². The molecule has 104 valence electrons. The Kier molecular flexibility index (Phi) is 4.53. The molecule has 0 aliphatic carbocycles. The average molecular weight is 310 g/mol. The third-order valence-corrected chi connectivity index (χ3v) is 3.48. The molecular weight excluding hydrogens is 297 g/mol. The van der Waals surface area contributed by atoms with Crippen LogP contribution >= 0.6 is 23.2 Å². The predicted octanol–water partition coefficient (Wildman–Crippen LogP) is 4.77. The van der Waals surface area contributed by atoms with Gasteiger partial charge in [-0.25, -0.2) is 0 Å². The molecule has 0 saturated heterocycles. The summed E-state index contributed by atoms with van der Waals surface area (Å²) in [6.07, 6.45) is 1.63. The minimum absolute atomic E-state index is 0.0790. The van der Waals surface area contributed by atoms with E-state index in [0.29, 0.717) is 10.8 Å². The van der Waals surface area contributed by atoms with Crippen LogP contribution in [0.3, 0.4) is 0 Å². The van der Waals surface area contributed by atoms with E-state index in [1.165, 1.54) is 7.11 Å². The van der Waals surface area contributed by atoms with E-state index in [1.54, 1.807) is 24.4 Å². The first-order valence-electron chi connectivity index (χ1n) is 5.88. The molecule has 0 radical (unpaired) electrons. The lowest BCUT2D eigenvalue weighted by Gasteiger charge is -2.06. The van der Waals surface area contributed by atoms with Gasteiger partial charge >= 0.3 is 0 Å². The third-order valence-electron chi connectivity index (χ3n) is 2.79. The van der Waals surface area contributed by atoms with Crippen LogP contribution in [0.5, 0.6) is 11.5 Å². The summed E-state index contributed by atoms with van der Waals surface area (Å²) >= 11 is 12.0. The van der Waals surface area contributed by atoms with Crippen LogP contribution in [0.15, 0.2) is 35.3 Å². The first kappa shape index (κ1) is 14.7. The van der Waals surface area contributed by atoms with E-state index in [0.717, 1.165) is 16.8 Å². The van der Waals surface area contributed by atoms with Crippen LogP contribution in [-0.2, 0) is 0 Å². The van der Waals surface area contributed by atoms with Crippen LogP contribution in [0.25, 0.3) is 0 Å². The van der Waals surface area contributed by atoms with Gasteiger partial charge in [-0.2, -0.15) is 0 Å². The lowest BCUT2D eigenvalue weighted by atomic mass is 10.2. The Labute approximate surface area is 127 Å². The number of phenolic OH excluding ortho intramolecular Hbond substituents is 1. The van der Waals surface area contributed by atoms with Crippen molar-refractivity contribution in [3.05, 3.63) is 51.5 Å². The third kappa shape index (κ3) is 3.24. The number of aliphatic imine (C=N–C) groups is 1. The van der Waals surface area contributed by atoms with Gasteiger partial charge in [-0.05, 0) is 42.3 Å². The standard InChI is InChI=1S/C15H13Cl2NO2/c1-9-3-4-11(7-12(9)16)18-8-10-5-13(17)15(19)14(6-10)20-2/h3-8,19H,1-2H3. The minimum Gasteiger partial charge on any atom is -0.503 e. The fraction of sp³-hybridized carbons (Fsp3) is 0.133. The SMILES string of the molecule is COc1cc(C=Nc2ccc(C)c(Cl)c2)cc(Cl)c1O. The van der Waals surface area contributed by atoms with Crippen LogP contribution < -0.4 is 4.74 Å². The second-order valence-corrected chi connectivity index (χ2v) is 5.06. The number of phenols is 1. The van der Waals surface area contributed by atoms with E-state index in [1.807, 2.05) is 19.1 Å². The van der Waals surface area contributed by atoms with Gasteiger partial charge in [0.1, 0.15) is 0 Å². The van der Waals surface area contributed by atoms with Gasteiger partial charge in [0.15, 0.2) is 11.5 Å². The molecule has 0 aromatic heterocycles. The monoisotopic (exact) mass is 309 g/mol. The molecule has 20 heavy (non-hydrogen) atoms. The summed E-state index contributed by atoms with van der Waals surface area (Å²) in [7, 11) is 1.46. The number of hydrogen-bond donors (Lipinski definition) is 1. The van der Waals surface area contributed by atoms with Crippen molar-refractivity contribution in [3.8, 4) is 11.5 Å². The Morgan fingerprint density at radius 1 is 1.15 bits per heavy atom. The van der Waals surface area contributed by atoms with Gasteiger partial charge in [-0.3, -0.25) is 4.99 Å². The van der Waals surface area contributed by atoms with Gasteiger partial charge in [0.05, 0.1) is 17.8 Å². The molecule has 2 rings (SSSR count). The molecule has 0 amide bonds. The van der Waals surface area contributed by atoms with Gasteiger partial charge in [0, 0.05) is 11.2 Å². The first-order valence-corrected chi connectivity index (χ1v) is 6.63. The molecule has 0 heterocycles. The van der Waals surface area contributed by atoms with E-state index in [-0.39, 0.29) is 10.8 Å². The van der Waals surface area contributed by atoms with E-state index in [4.69, 9.17) is 27.9 Å². The highest BCUT2D eigenvalue weighted by Gasteiger charge is 2.07. The van der Waals surface area contributed by atoms with E-state index < -0.39 is 0 Å². The predicted molar refractivity (Wildman–Crippen MR) is 83.1 cm³/mol. The molecule has 0 spiro atoms. The van der Waals surface area contributed by atoms with Crippen molar-refractivity contribution in [1.82, 2.24) is 0 Å². The Morgan fingerprint density at radius 2 is 1.90 bits per heavy atom. The van der Waals surface area contributed by atoms with Crippen molar-refractivity contribution in [2.75, 3.05) is 7.11 Å². The zero-order chi connectivity index (χ0) is 14.7. The van der Waals surface area contributed by atoms with Crippen LogP contribution in [0.1, 0.15) is 11.1 Å². The molecule has 2 aromatic carbocycles. The van der Waals surface area contributed by atoms with E-state index in [9.17, 15) is 5.11 Å². The van der Waals surface area contributed by atoms with E-state index >= 15 is 0 Å². The summed E-state index contributed by atoms with van der Waals surface area (Å²) in [6.45, 7) is 1.93. The number of methoxy groups -OCH3 is 1. The number of ether oxygens (including phenoxy) is 1. The molecule has 2 aromatic rings. The summed E-state index contributed by atoms with van der Waals surface area (Å²) in [5.41, 5.74) is 2.46. The van der Waals surface area contributed by atoms with Crippen molar-refractivity contribution in [2.45, 2.75) is 6.92 Å². The zero-order valence-corrected chi connectivity index (χ0v) is 12.5. The van der Waals surface area contributed by atoms with Crippen molar-refractivity contribution in [3.63, 3.8) is 0 Å². The summed E-state index contributed by atoms with van der Waals surface area (Å²) < 4.78 is 5.04. The fourth-order valence-electron chi connectivity index (χ4n) is 1.64. The highest BCUT2D eigenvalue weighted by Crippen LogP contribution is 2.34. The van der Waals surface area contributed by atoms with Gasteiger partial charge < -0.3 is 9.84 Å². The van der Waals surface area contributed by atoms with Gasteiger partial charge in [0.2, 0.25) is 0 Å². The molecular formula is C15H13Cl2NO2. The minimum atomic E-state index is -0.0790. The Balaban J connectivity index is 2.31. The Morgan fingerprint density at radius 3 is 2.55 bits per heavy atom. The number of nitrogens with zero attached hydrogens (tertiary/aromatic N) is 1. The molecule has 3 nitrogen and oxygen atoms in total. The second-order valence-electron chi connectivity index (χ2n) is 4.25. The highest BCUT2D eigenvalue weighted by molar-refractivity contribution is 6.32. The summed E-state index contributed by atoms with van der Waals surface area (Å²) in [6, 6.07) is 8.82. The summed E-state index contributed by atoms with van der Waals surface area (Å²) in [4.78, 5) is 4.32. The summed E-state index contributed by atoms with van der Waals surface area (Å²) in [5, 5.41) is 10.5. The first-order chi connectivity index (χ1) is 9.51. The largest absolute Gasteiger partial charge is 0.503 e. The maximum atomic E-state index is 9.66. The summed E-state index contributed by atoms with van der Waals surface area (Å²) in [5.74, 6) is 0.227. The molecule has 0 atom stereocenters. The smallest absolute Gasteiger partial charge is 0.176 e. The maximum absolute atomic E-state index is 9.66. The second kappa shape index (κ2) is 6.16. The van der Waals surface area contributed by atoms with Gasteiger partial charge in [-0.1, -0.05) is 29.3 Å². The zero-order valence-electron chi connectivity index (χ0n) is 11.0. The van der Waals surface area contributed by atoms with Crippen LogP contribution in [0.2, 0.25) is 10.0 Å². The number of rotatable bonds is 3. The normalized spacial score (nSPS) is 11.0.